The molecule has 6 nitrogen and oxygen atoms in total. The second-order valence-electron chi connectivity index (χ2n) is 5.16. The average Bonchev–Trinajstić information content (AvgIpc) is 2.83. The van der Waals surface area contributed by atoms with Crippen molar-refractivity contribution in [2.24, 2.45) is 11.7 Å². The van der Waals surface area contributed by atoms with Gasteiger partial charge in [-0.1, -0.05) is 17.3 Å². The standard InChI is InChI=1S/C13H17N5O/c14-13(19)10-5-7-17(8-6-10)9-18-12-4-2-1-3-11(12)15-16-18/h1-4,10H,5-9H2,(H2,14,19)/p+1. The van der Waals surface area contributed by atoms with Gasteiger partial charge >= 0.3 is 0 Å². The van der Waals surface area contributed by atoms with Crippen LogP contribution in [-0.4, -0.2) is 34.0 Å². The van der Waals surface area contributed by atoms with Gasteiger partial charge in [-0.2, -0.15) is 4.68 Å². The number of amides is 1. The van der Waals surface area contributed by atoms with Gasteiger partial charge in [0.25, 0.3) is 0 Å². The number of nitrogens with zero attached hydrogens (tertiary/aromatic N) is 3. The number of carbonyl (C=O) groups excluding carboxylic acids is 1. The van der Waals surface area contributed by atoms with Crippen molar-refractivity contribution in [3.8, 4) is 0 Å². The Morgan fingerprint density at radius 2 is 2.11 bits per heavy atom. The van der Waals surface area contributed by atoms with E-state index in [4.69, 9.17) is 5.73 Å². The molecular formula is C13H18N5O+. The highest BCUT2D eigenvalue weighted by molar-refractivity contribution is 5.76. The zero-order chi connectivity index (χ0) is 13.2. The van der Waals surface area contributed by atoms with Crippen LogP contribution in [-0.2, 0) is 11.5 Å². The highest BCUT2D eigenvalue weighted by atomic mass is 16.1. The number of primary amides is 1. The number of piperidine rings is 1. The van der Waals surface area contributed by atoms with E-state index in [1.54, 1.807) is 0 Å². The van der Waals surface area contributed by atoms with Crippen molar-refractivity contribution in [3.63, 3.8) is 0 Å². The molecule has 1 amide bonds. The fraction of sp³-hybridized carbons (Fsp3) is 0.462. The quantitative estimate of drug-likeness (QED) is 0.756. The van der Waals surface area contributed by atoms with Gasteiger partial charge < -0.3 is 10.6 Å². The predicted molar refractivity (Wildman–Crippen MR) is 70.1 cm³/mol. The molecule has 100 valence electrons. The van der Waals surface area contributed by atoms with Crippen LogP contribution < -0.4 is 10.6 Å². The number of carbonyl (C=O) groups is 1. The highest BCUT2D eigenvalue weighted by Crippen LogP contribution is 2.10. The molecule has 0 spiro atoms. The summed E-state index contributed by atoms with van der Waals surface area (Å²) in [4.78, 5) is 12.6. The molecule has 1 fully saturated rings. The lowest BCUT2D eigenvalue weighted by molar-refractivity contribution is -0.928. The van der Waals surface area contributed by atoms with E-state index < -0.39 is 0 Å². The van der Waals surface area contributed by atoms with E-state index >= 15 is 0 Å². The number of likely N-dealkylation sites (tertiary alicyclic amines) is 1. The Morgan fingerprint density at radius 1 is 1.37 bits per heavy atom. The molecule has 2 heterocycles. The third-order valence-electron chi connectivity index (χ3n) is 3.89. The lowest BCUT2D eigenvalue weighted by Crippen LogP contribution is -3.12. The normalized spacial score (nSPS) is 23.6. The number of hydrogen-bond acceptors (Lipinski definition) is 3. The van der Waals surface area contributed by atoms with E-state index in [0.29, 0.717) is 0 Å². The molecule has 0 unspecified atom stereocenters. The lowest BCUT2D eigenvalue weighted by Gasteiger charge is -2.27. The molecular weight excluding hydrogens is 242 g/mol. The Labute approximate surface area is 111 Å². The molecule has 0 saturated carbocycles. The summed E-state index contributed by atoms with van der Waals surface area (Å²) in [6.07, 6.45) is 1.74. The third kappa shape index (κ3) is 2.44. The molecule has 6 heteroatoms. The molecule has 3 rings (SSSR count). The van der Waals surface area contributed by atoms with Gasteiger partial charge in [0, 0.05) is 18.8 Å². The summed E-state index contributed by atoms with van der Waals surface area (Å²) in [5.74, 6) is -0.110. The first kappa shape index (κ1) is 12.1. The molecule has 1 aromatic carbocycles. The summed E-state index contributed by atoms with van der Waals surface area (Å²) in [7, 11) is 0. The first-order valence-electron chi connectivity index (χ1n) is 6.65. The molecule has 1 aliphatic rings. The molecule has 19 heavy (non-hydrogen) atoms. The van der Waals surface area contributed by atoms with Crippen molar-refractivity contribution >= 4 is 16.9 Å². The summed E-state index contributed by atoms with van der Waals surface area (Å²) in [5.41, 5.74) is 7.33. The zero-order valence-corrected chi connectivity index (χ0v) is 10.7. The summed E-state index contributed by atoms with van der Waals surface area (Å²) in [6.45, 7) is 2.72. The minimum absolute atomic E-state index is 0.0521. The zero-order valence-electron chi connectivity index (χ0n) is 10.7. The monoisotopic (exact) mass is 260 g/mol. The number of nitrogens with two attached hydrogens (primary N) is 1. The highest BCUT2D eigenvalue weighted by Gasteiger charge is 2.26. The van der Waals surface area contributed by atoms with Gasteiger partial charge in [-0.3, -0.25) is 4.79 Å². The average molecular weight is 260 g/mol. The van der Waals surface area contributed by atoms with E-state index in [1.165, 1.54) is 4.90 Å². The predicted octanol–water partition coefficient (Wildman–Crippen LogP) is -0.831. The van der Waals surface area contributed by atoms with E-state index in [9.17, 15) is 4.79 Å². The first-order valence-corrected chi connectivity index (χ1v) is 6.65. The summed E-state index contributed by atoms with van der Waals surface area (Å²) in [6, 6.07) is 7.96. The van der Waals surface area contributed by atoms with Crippen LogP contribution >= 0.6 is 0 Å². The number of para-hydroxylation sites is 1. The van der Waals surface area contributed by atoms with Crippen LogP contribution in [0.15, 0.2) is 24.3 Å². The summed E-state index contributed by atoms with van der Waals surface area (Å²) in [5, 5.41) is 8.35. The van der Waals surface area contributed by atoms with Crippen molar-refractivity contribution in [2.75, 3.05) is 13.1 Å². The number of hydrogen-bond donors (Lipinski definition) is 2. The number of aromatic nitrogens is 3. The molecule has 1 saturated heterocycles. The number of fused-ring (bicyclic) bond motifs is 1. The first-order chi connectivity index (χ1) is 9.24. The van der Waals surface area contributed by atoms with Gasteiger partial charge in [-0.05, 0) is 12.1 Å². The maximum Gasteiger partial charge on any atom is 0.220 e. The van der Waals surface area contributed by atoms with Gasteiger partial charge in [0.2, 0.25) is 5.91 Å². The maximum atomic E-state index is 11.1. The van der Waals surface area contributed by atoms with E-state index in [-0.39, 0.29) is 11.8 Å². The van der Waals surface area contributed by atoms with Crippen molar-refractivity contribution in [2.45, 2.75) is 19.5 Å². The van der Waals surface area contributed by atoms with Gasteiger partial charge in [-0.25, -0.2) is 0 Å². The molecule has 1 aromatic heterocycles. The molecule has 3 N–H and O–H groups in total. The number of nitrogens with one attached hydrogen (secondary N) is 1. The van der Waals surface area contributed by atoms with Crippen LogP contribution in [0, 0.1) is 5.92 Å². The van der Waals surface area contributed by atoms with Crippen LogP contribution in [0.2, 0.25) is 0 Å². The number of rotatable bonds is 3. The van der Waals surface area contributed by atoms with Gasteiger partial charge in [0.15, 0.2) is 6.67 Å². The van der Waals surface area contributed by atoms with Crippen molar-refractivity contribution < 1.29 is 9.69 Å². The number of benzene rings is 1. The topological polar surface area (TPSA) is 78.2 Å². The van der Waals surface area contributed by atoms with Crippen LogP contribution in [0.5, 0.6) is 0 Å². The van der Waals surface area contributed by atoms with Crippen LogP contribution in [0.1, 0.15) is 12.8 Å². The Bertz CT molecular complexity index is 585. The van der Waals surface area contributed by atoms with Gasteiger partial charge in [-0.15, -0.1) is 5.10 Å². The Kier molecular flexibility index (Phi) is 3.16. The molecule has 0 radical (unpaired) electrons. The molecule has 2 aromatic rings. The molecule has 0 atom stereocenters. The third-order valence-corrected chi connectivity index (χ3v) is 3.89. The number of quaternary nitrogens is 1. The van der Waals surface area contributed by atoms with E-state index in [1.807, 2.05) is 28.9 Å². The van der Waals surface area contributed by atoms with Crippen LogP contribution in [0.25, 0.3) is 11.0 Å². The van der Waals surface area contributed by atoms with Crippen molar-refractivity contribution in [3.05, 3.63) is 24.3 Å². The fourth-order valence-electron chi connectivity index (χ4n) is 2.71. The molecule has 0 aliphatic carbocycles. The SMILES string of the molecule is NC(=O)C1CC[NH+](Cn2nnc3ccccc32)CC1. The Balaban J connectivity index is 1.68. The Morgan fingerprint density at radius 3 is 2.84 bits per heavy atom. The van der Waals surface area contributed by atoms with Crippen LogP contribution in [0.4, 0.5) is 0 Å². The minimum atomic E-state index is -0.162. The summed E-state index contributed by atoms with van der Waals surface area (Å²) < 4.78 is 1.94. The van der Waals surface area contributed by atoms with E-state index in [2.05, 4.69) is 10.3 Å². The van der Waals surface area contributed by atoms with Gasteiger partial charge in [0.1, 0.15) is 5.52 Å². The Hall–Kier alpha value is -1.95. The molecule has 1 aliphatic heterocycles. The fourth-order valence-corrected chi connectivity index (χ4v) is 2.71. The second-order valence-corrected chi connectivity index (χ2v) is 5.16. The van der Waals surface area contributed by atoms with Crippen molar-refractivity contribution in [1.82, 2.24) is 15.0 Å². The second kappa shape index (κ2) is 4.97. The maximum absolute atomic E-state index is 11.1. The van der Waals surface area contributed by atoms with Crippen molar-refractivity contribution in [1.29, 1.82) is 0 Å². The molecule has 0 bridgehead atoms. The van der Waals surface area contributed by atoms with E-state index in [0.717, 1.165) is 43.6 Å². The smallest absolute Gasteiger partial charge is 0.220 e. The van der Waals surface area contributed by atoms with Crippen LogP contribution in [0.3, 0.4) is 0 Å². The minimum Gasteiger partial charge on any atom is -0.369 e. The lowest BCUT2D eigenvalue weighted by atomic mass is 9.97. The van der Waals surface area contributed by atoms with Gasteiger partial charge in [0.05, 0.1) is 18.6 Å². The largest absolute Gasteiger partial charge is 0.369 e. The summed E-state index contributed by atoms with van der Waals surface area (Å²) >= 11 is 0.